The second-order valence-electron chi connectivity index (χ2n) is 5.15. The molecule has 1 aromatic rings. The summed E-state index contributed by atoms with van der Waals surface area (Å²) in [6, 6.07) is 6.27. The van der Waals surface area contributed by atoms with Crippen LogP contribution >= 0.6 is 0 Å². The highest BCUT2D eigenvalue weighted by atomic mass is 16.4. The maximum Gasteiger partial charge on any atom is 0.331 e. The summed E-state index contributed by atoms with van der Waals surface area (Å²) in [7, 11) is 1.52. The number of rotatable bonds is 3. The number of carboxylic acids is 1. The molecular weight excluding hydrogens is 272 g/mol. The first kappa shape index (κ1) is 15.0. The minimum Gasteiger partial charge on any atom is -0.479 e. The molecule has 0 bridgehead atoms. The summed E-state index contributed by atoms with van der Waals surface area (Å²) in [6.45, 7) is 1.60. The van der Waals surface area contributed by atoms with Gasteiger partial charge in [-0.25, -0.2) is 4.79 Å². The molecule has 21 heavy (non-hydrogen) atoms. The second kappa shape index (κ2) is 5.95. The highest BCUT2D eigenvalue weighted by Gasteiger charge is 2.35. The lowest BCUT2D eigenvalue weighted by Crippen LogP contribution is -2.47. The van der Waals surface area contributed by atoms with E-state index < -0.39 is 12.0 Å². The quantitative estimate of drug-likeness (QED) is 0.887. The zero-order valence-corrected chi connectivity index (χ0v) is 12.1. The zero-order chi connectivity index (χ0) is 15.6. The van der Waals surface area contributed by atoms with Crippen LogP contribution in [-0.2, 0) is 20.8 Å². The van der Waals surface area contributed by atoms with Gasteiger partial charge >= 0.3 is 5.97 Å². The van der Waals surface area contributed by atoms with Crippen LogP contribution in [0, 0.1) is 0 Å². The van der Waals surface area contributed by atoms with Gasteiger partial charge in [0.25, 0.3) is 0 Å². The van der Waals surface area contributed by atoms with Gasteiger partial charge in [0.15, 0.2) is 6.04 Å². The fraction of sp³-hybridized carbons (Fsp3) is 0.400. The standard InChI is InChI=1S/C15H18N2O4/c1-10(18)16(2)9-13(19)17-8-7-11-5-3-4-6-12(11)14(17)15(20)21/h3-6,14H,7-9H2,1-2H3,(H,20,21). The molecule has 1 unspecified atom stereocenters. The Morgan fingerprint density at radius 2 is 2.00 bits per heavy atom. The molecule has 0 saturated heterocycles. The van der Waals surface area contributed by atoms with E-state index in [4.69, 9.17) is 0 Å². The molecule has 1 aliphatic rings. The van der Waals surface area contributed by atoms with Crippen LogP contribution in [0.25, 0.3) is 0 Å². The summed E-state index contributed by atoms with van der Waals surface area (Å²) in [5.41, 5.74) is 1.60. The Hall–Kier alpha value is -2.37. The van der Waals surface area contributed by atoms with E-state index in [2.05, 4.69) is 0 Å². The normalized spacial score (nSPS) is 17.0. The van der Waals surface area contributed by atoms with Gasteiger partial charge in [-0.15, -0.1) is 0 Å². The predicted molar refractivity (Wildman–Crippen MR) is 75.5 cm³/mol. The number of carbonyl (C=O) groups excluding carboxylic acids is 2. The number of hydrogen-bond acceptors (Lipinski definition) is 3. The molecule has 6 nitrogen and oxygen atoms in total. The maximum absolute atomic E-state index is 12.3. The van der Waals surface area contributed by atoms with Crippen LogP contribution in [0.1, 0.15) is 24.1 Å². The van der Waals surface area contributed by atoms with E-state index in [1.54, 1.807) is 12.1 Å². The minimum absolute atomic E-state index is 0.110. The first-order chi connectivity index (χ1) is 9.91. The van der Waals surface area contributed by atoms with E-state index in [0.29, 0.717) is 18.5 Å². The number of carbonyl (C=O) groups is 3. The van der Waals surface area contributed by atoms with Crippen molar-refractivity contribution in [2.45, 2.75) is 19.4 Å². The molecule has 0 saturated carbocycles. The number of aliphatic carboxylic acids is 1. The first-order valence-electron chi connectivity index (χ1n) is 6.73. The second-order valence-corrected chi connectivity index (χ2v) is 5.15. The fourth-order valence-corrected chi connectivity index (χ4v) is 2.51. The number of carboxylic acid groups (broad SMARTS) is 1. The van der Waals surface area contributed by atoms with Gasteiger partial charge in [-0.2, -0.15) is 0 Å². The Bertz CT molecular complexity index is 585. The molecule has 1 atom stereocenters. The third-order valence-electron chi connectivity index (χ3n) is 3.75. The monoisotopic (exact) mass is 290 g/mol. The largest absolute Gasteiger partial charge is 0.479 e. The number of fused-ring (bicyclic) bond motifs is 1. The average Bonchev–Trinajstić information content (AvgIpc) is 2.45. The SMILES string of the molecule is CC(=O)N(C)CC(=O)N1CCc2ccccc2C1C(=O)O. The molecule has 0 fully saturated rings. The van der Waals surface area contributed by atoms with Gasteiger partial charge in [0.1, 0.15) is 0 Å². The van der Waals surface area contributed by atoms with Crippen molar-refractivity contribution in [3.8, 4) is 0 Å². The van der Waals surface area contributed by atoms with E-state index in [1.807, 2.05) is 12.1 Å². The molecule has 0 radical (unpaired) electrons. The van der Waals surface area contributed by atoms with Gasteiger partial charge < -0.3 is 14.9 Å². The van der Waals surface area contributed by atoms with Crippen molar-refractivity contribution in [1.82, 2.24) is 9.80 Å². The van der Waals surface area contributed by atoms with Crippen LogP contribution < -0.4 is 0 Å². The van der Waals surface area contributed by atoms with Crippen molar-refractivity contribution < 1.29 is 19.5 Å². The van der Waals surface area contributed by atoms with Crippen LogP contribution in [-0.4, -0.2) is 52.8 Å². The maximum atomic E-state index is 12.3. The Morgan fingerprint density at radius 1 is 1.33 bits per heavy atom. The molecule has 2 rings (SSSR count). The van der Waals surface area contributed by atoms with Gasteiger partial charge in [0.2, 0.25) is 11.8 Å². The summed E-state index contributed by atoms with van der Waals surface area (Å²) in [4.78, 5) is 37.7. The lowest BCUT2D eigenvalue weighted by Gasteiger charge is -2.35. The molecule has 0 spiro atoms. The third-order valence-corrected chi connectivity index (χ3v) is 3.75. The smallest absolute Gasteiger partial charge is 0.331 e. The summed E-state index contributed by atoms with van der Waals surface area (Å²) < 4.78 is 0. The lowest BCUT2D eigenvalue weighted by molar-refractivity contribution is -0.152. The highest BCUT2D eigenvalue weighted by molar-refractivity contribution is 5.88. The zero-order valence-electron chi connectivity index (χ0n) is 12.1. The molecule has 1 heterocycles. The van der Waals surface area contributed by atoms with Gasteiger partial charge in [-0.1, -0.05) is 24.3 Å². The number of amides is 2. The van der Waals surface area contributed by atoms with Gasteiger partial charge in [0, 0.05) is 20.5 Å². The van der Waals surface area contributed by atoms with Crippen LogP contribution in [0.4, 0.5) is 0 Å². The van der Waals surface area contributed by atoms with Crippen molar-refractivity contribution >= 4 is 17.8 Å². The van der Waals surface area contributed by atoms with Gasteiger partial charge in [-0.05, 0) is 17.5 Å². The van der Waals surface area contributed by atoms with E-state index in [-0.39, 0.29) is 18.4 Å². The number of benzene rings is 1. The highest BCUT2D eigenvalue weighted by Crippen LogP contribution is 2.29. The van der Waals surface area contributed by atoms with E-state index in [0.717, 1.165) is 5.56 Å². The van der Waals surface area contributed by atoms with Crippen LogP contribution in [0.2, 0.25) is 0 Å². The summed E-state index contributed by atoms with van der Waals surface area (Å²) in [5, 5.41) is 9.47. The fourth-order valence-electron chi connectivity index (χ4n) is 2.51. The first-order valence-corrected chi connectivity index (χ1v) is 6.73. The van der Waals surface area contributed by atoms with E-state index in [1.165, 1.54) is 23.8 Å². The molecule has 6 heteroatoms. The lowest BCUT2D eigenvalue weighted by atomic mass is 9.92. The average molecular weight is 290 g/mol. The summed E-state index contributed by atoms with van der Waals surface area (Å²) >= 11 is 0. The Kier molecular flexibility index (Phi) is 4.26. The Morgan fingerprint density at radius 3 is 2.62 bits per heavy atom. The molecule has 112 valence electrons. The van der Waals surface area contributed by atoms with E-state index in [9.17, 15) is 19.5 Å². The van der Waals surface area contributed by atoms with Gasteiger partial charge in [-0.3, -0.25) is 9.59 Å². The van der Waals surface area contributed by atoms with Crippen molar-refractivity contribution in [2.24, 2.45) is 0 Å². The molecule has 0 aromatic heterocycles. The summed E-state index contributed by atoms with van der Waals surface area (Å²) in [6.07, 6.45) is 0.621. The van der Waals surface area contributed by atoms with Gasteiger partial charge in [0.05, 0.1) is 6.54 Å². The Labute approximate surface area is 123 Å². The molecule has 2 amide bonds. The molecule has 1 aromatic carbocycles. The molecule has 1 aliphatic heterocycles. The predicted octanol–water partition coefficient (Wildman–Crippen LogP) is 0.675. The van der Waals surface area contributed by atoms with Crippen LogP contribution in [0.15, 0.2) is 24.3 Å². The molecular formula is C15H18N2O4. The van der Waals surface area contributed by atoms with Crippen molar-refractivity contribution in [1.29, 1.82) is 0 Å². The van der Waals surface area contributed by atoms with Crippen molar-refractivity contribution in [3.63, 3.8) is 0 Å². The Balaban J connectivity index is 2.26. The third kappa shape index (κ3) is 3.04. The van der Waals surface area contributed by atoms with Crippen LogP contribution in [0.5, 0.6) is 0 Å². The van der Waals surface area contributed by atoms with Crippen LogP contribution in [0.3, 0.4) is 0 Å². The molecule has 1 N–H and O–H groups in total. The van der Waals surface area contributed by atoms with Crippen molar-refractivity contribution in [2.75, 3.05) is 20.1 Å². The number of hydrogen-bond donors (Lipinski definition) is 1. The van der Waals surface area contributed by atoms with Crippen molar-refractivity contribution in [3.05, 3.63) is 35.4 Å². The number of nitrogens with zero attached hydrogens (tertiary/aromatic N) is 2. The van der Waals surface area contributed by atoms with E-state index >= 15 is 0 Å². The minimum atomic E-state index is -1.05. The number of likely N-dealkylation sites (N-methyl/N-ethyl adjacent to an activating group) is 1. The molecule has 0 aliphatic carbocycles. The topological polar surface area (TPSA) is 77.9 Å². The summed E-state index contributed by atoms with van der Waals surface area (Å²) in [5.74, 6) is -1.64.